The molecular weight excluding hydrogens is 262 g/mol. The monoisotopic (exact) mass is 277 g/mol. The molecule has 100 valence electrons. The number of fused-ring (bicyclic) bond motifs is 1. The Balaban J connectivity index is 1.99. The lowest BCUT2D eigenvalue weighted by Gasteiger charge is -2.21. The van der Waals surface area contributed by atoms with Gasteiger partial charge in [-0.15, -0.1) is 0 Å². The van der Waals surface area contributed by atoms with Crippen molar-refractivity contribution in [1.82, 2.24) is 4.98 Å². The maximum atomic E-state index is 11.2. The van der Waals surface area contributed by atoms with Gasteiger partial charge in [-0.3, -0.25) is 4.79 Å². The van der Waals surface area contributed by atoms with Crippen LogP contribution in [-0.4, -0.2) is 35.2 Å². The van der Waals surface area contributed by atoms with Crippen molar-refractivity contribution in [1.29, 1.82) is 0 Å². The number of thiazole rings is 1. The summed E-state index contributed by atoms with van der Waals surface area (Å²) in [7, 11) is 0. The molecule has 1 atom stereocenters. The fourth-order valence-corrected chi connectivity index (χ4v) is 3.57. The SMILES string of the molecule is NC(=O)c1ccc2nc(N3CCCC3CO)sc2c1. The van der Waals surface area contributed by atoms with E-state index in [1.807, 2.05) is 6.07 Å². The predicted molar refractivity (Wildman–Crippen MR) is 75.6 cm³/mol. The molecule has 1 aliphatic heterocycles. The third kappa shape index (κ3) is 2.17. The summed E-state index contributed by atoms with van der Waals surface area (Å²) in [4.78, 5) is 17.9. The first-order valence-electron chi connectivity index (χ1n) is 6.27. The number of anilines is 1. The van der Waals surface area contributed by atoms with Crippen LogP contribution in [0.2, 0.25) is 0 Å². The maximum Gasteiger partial charge on any atom is 0.248 e. The number of hydrogen-bond acceptors (Lipinski definition) is 5. The summed E-state index contributed by atoms with van der Waals surface area (Å²) in [5.74, 6) is -0.425. The fourth-order valence-electron chi connectivity index (χ4n) is 2.47. The molecule has 0 radical (unpaired) electrons. The first-order valence-corrected chi connectivity index (χ1v) is 7.08. The van der Waals surface area contributed by atoms with E-state index in [2.05, 4.69) is 9.88 Å². The smallest absolute Gasteiger partial charge is 0.248 e. The number of aromatic nitrogens is 1. The summed E-state index contributed by atoms with van der Waals surface area (Å²) < 4.78 is 0.954. The van der Waals surface area contributed by atoms with Gasteiger partial charge in [-0.2, -0.15) is 0 Å². The van der Waals surface area contributed by atoms with Crippen LogP contribution >= 0.6 is 11.3 Å². The molecule has 1 aliphatic rings. The van der Waals surface area contributed by atoms with Crippen LogP contribution in [-0.2, 0) is 0 Å². The van der Waals surface area contributed by atoms with Gasteiger partial charge in [0.05, 0.1) is 22.9 Å². The van der Waals surface area contributed by atoms with Crippen molar-refractivity contribution in [3.8, 4) is 0 Å². The number of nitrogens with zero attached hydrogens (tertiary/aromatic N) is 2. The minimum Gasteiger partial charge on any atom is -0.394 e. The Kier molecular flexibility index (Phi) is 3.12. The van der Waals surface area contributed by atoms with Crippen LogP contribution in [0.15, 0.2) is 18.2 Å². The van der Waals surface area contributed by atoms with Gasteiger partial charge in [0, 0.05) is 12.1 Å². The van der Waals surface area contributed by atoms with E-state index < -0.39 is 5.91 Å². The van der Waals surface area contributed by atoms with Crippen LogP contribution in [0, 0.1) is 0 Å². The molecule has 1 amide bonds. The normalized spacial score (nSPS) is 19.2. The van der Waals surface area contributed by atoms with Gasteiger partial charge in [-0.25, -0.2) is 4.98 Å². The number of aliphatic hydroxyl groups excluding tert-OH is 1. The second-order valence-electron chi connectivity index (χ2n) is 4.72. The molecule has 6 heteroatoms. The van der Waals surface area contributed by atoms with Crippen LogP contribution in [0.25, 0.3) is 10.2 Å². The number of primary amides is 1. The third-order valence-corrected chi connectivity index (χ3v) is 4.55. The molecule has 5 nitrogen and oxygen atoms in total. The molecule has 0 saturated carbocycles. The van der Waals surface area contributed by atoms with Gasteiger partial charge in [-0.1, -0.05) is 11.3 Å². The molecule has 0 spiro atoms. The zero-order chi connectivity index (χ0) is 13.4. The maximum absolute atomic E-state index is 11.2. The Morgan fingerprint density at radius 3 is 3.16 bits per heavy atom. The molecule has 1 saturated heterocycles. The highest BCUT2D eigenvalue weighted by Crippen LogP contribution is 2.33. The molecule has 2 heterocycles. The molecule has 2 aromatic rings. The fraction of sp³-hybridized carbons (Fsp3) is 0.385. The van der Waals surface area contributed by atoms with E-state index in [9.17, 15) is 9.90 Å². The van der Waals surface area contributed by atoms with Crippen molar-refractivity contribution >= 4 is 32.6 Å². The number of carbonyl (C=O) groups is 1. The number of carbonyl (C=O) groups excluding carboxylic acids is 1. The molecular formula is C13H15N3O2S. The summed E-state index contributed by atoms with van der Waals surface area (Å²) in [6, 6.07) is 5.46. The second-order valence-corrected chi connectivity index (χ2v) is 5.72. The number of hydrogen-bond donors (Lipinski definition) is 2. The molecule has 0 aliphatic carbocycles. The molecule has 1 fully saturated rings. The second kappa shape index (κ2) is 4.79. The van der Waals surface area contributed by atoms with Gasteiger partial charge in [0.2, 0.25) is 5.91 Å². The largest absolute Gasteiger partial charge is 0.394 e. The lowest BCUT2D eigenvalue weighted by molar-refractivity contribution is 0.100. The lowest BCUT2D eigenvalue weighted by Crippen LogP contribution is -2.31. The van der Waals surface area contributed by atoms with Gasteiger partial charge in [0.25, 0.3) is 0 Å². The minimum atomic E-state index is -0.425. The molecule has 1 aromatic heterocycles. The highest BCUT2D eigenvalue weighted by molar-refractivity contribution is 7.22. The van der Waals surface area contributed by atoms with Gasteiger partial charge in [-0.05, 0) is 31.0 Å². The minimum absolute atomic E-state index is 0.155. The standard InChI is InChI=1S/C13H15N3O2S/c14-12(18)8-3-4-10-11(6-8)19-13(15-10)16-5-1-2-9(16)7-17/h3-4,6,9,17H,1-2,5,7H2,(H2,14,18). The number of amides is 1. The summed E-state index contributed by atoms with van der Waals surface area (Å²) in [6.07, 6.45) is 2.08. The number of rotatable bonds is 3. The van der Waals surface area contributed by atoms with Crippen LogP contribution < -0.4 is 10.6 Å². The van der Waals surface area contributed by atoms with Crippen LogP contribution in [0.5, 0.6) is 0 Å². The van der Waals surface area contributed by atoms with Crippen molar-refractivity contribution < 1.29 is 9.90 Å². The molecule has 1 unspecified atom stereocenters. The number of benzene rings is 1. The Morgan fingerprint density at radius 1 is 1.58 bits per heavy atom. The van der Waals surface area contributed by atoms with E-state index in [0.29, 0.717) is 5.56 Å². The van der Waals surface area contributed by atoms with Gasteiger partial charge < -0.3 is 15.7 Å². The van der Waals surface area contributed by atoms with E-state index in [1.54, 1.807) is 23.5 Å². The summed E-state index contributed by atoms with van der Waals surface area (Å²) >= 11 is 1.54. The van der Waals surface area contributed by atoms with Crippen molar-refractivity contribution in [2.75, 3.05) is 18.1 Å². The third-order valence-electron chi connectivity index (χ3n) is 3.50. The quantitative estimate of drug-likeness (QED) is 0.887. The van der Waals surface area contributed by atoms with Gasteiger partial charge >= 0.3 is 0 Å². The Labute approximate surface area is 114 Å². The van der Waals surface area contributed by atoms with E-state index in [-0.39, 0.29) is 12.6 Å². The first-order chi connectivity index (χ1) is 9.19. The first kappa shape index (κ1) is 12.4. The summed E-state index contributed by atoms with van der Waals surface area (Å²) in [5.41, 5.74) is 6.65. The lowest BCUT2D eigenvalue weighted by atomic mass is 10.2. The van der Waals surface area contributed by atoms with Crippen LogP contribution in [0.1, 0.15) is 23.2 Å². The molecule has 1 aromatic carbocycles. The van der Waals surface area contributed by atoms with Gasteiger partial charge in [0.15, 0.2) is 5.13 Å². The van der Waals surface area contributed by atoms with Gasteiger partial charge in [0.1, 0.15) is 0 Å². The van der Waals surface area contributed by atoms with E-state index in [4.69, 9.17) is 5.73 Å². The Hall–Kier alpha value is -1.66. The van der Waals surface area contributed by atoms with Crippen molar-refractivity contribution in [3.05, 3.63) is 23.8 Å². The zero-order valence-electron chi connectivity index (χ0n) is 10.4. The van der Waals surface area contributed by atoms with Crippen LogP contribution in [0.4, 0.5) is 5.13 Å². The molecule has 3 N–H and O–H groups in total. The highest BCUT2D eigenvalue weighted by Gasteiger charge is 2.26. The van der Waals surface area contributed by atoms with E-state index in [0.717, 1.165) is 34.7 Å². The molecule has 0 bridgehead atoms. The van der Waals surface area contributed by atoms with E-state index in [1.165, 1.54) is 0 Å². The zero-order valence-corrected chi connectivity index (χ0v) is 11.2. The molecule has 19 heavy (non-hydrogen) atoms. The average molecular weight is 277 g/mol. The summed E-state index contributed by atoms with van der Waals surface area (Å²) in [6.45, 7) is 1.08. The molecule has 3 rings (SSSR count). The highest BCUT2D eigenvalue weighted by atomic mass is 32.1. The Morgan fingerprint density at radius 2 is 2.42 bits per heavy atom. The van der Waals surface area contributed by atoms with Crippen LogP contribution in [0.3, 0.4) is 0 Å². The Bertz CT molecular complexity index is 625. The van der Waals surface area contributed by atoms with Crippen molar-refractivity contribution in [2.24, 2.45) is 5.73 Å². The number of nitrogens with two attached hydrogens (primary N) is 1. The topological polar surface area (TPSA) is 79.5 Å². The average Bonchev–Trinajstić information content (AvgIpc) is 3.03. The number of aliphatic hydroxyl groups is 1. The predicted octanol–water partition coefficient (Wildman–Crippen LogP) is 1.36. The summed E-state index contributed by atoms with van der Waals surface area (Å²) in [5, 5.41) is 10.3. The van der Waals surface area contributed by atoms with E-state index >= 15 is 0 Å². The van der Waals surface area contributed by atoms with Crippen molar-refractivity contribution in [3.63, 3.8) is 0 Å². The van der Waals surface area contributed by atoms with Crippen molar-refractivity contribution in [2.45, 2.75) is 18.9 Å².